The zero-order valence-electron chi connectivity index (χ0n) is 11.7. The number of nitrogens with zero attached hydrogens (tertiary/aromatic N) is 1. The van der Waals surface area contributed by atoms with Gasteiger partial charge in [0.25, 0.3) is 0 Å². The minimum atomic E-state index is -3.17. The van der Waals surface area contributed by atoms with Crippen LogP contribution in [0.15, 0.2) is 34.2 Å². The topological polar surface area (TPSA) is 84.5 Å². The van der Waals surface area contributed by atoms with Crippen molar-refractivity contribution in [2.75, 3.05) is 6.26 Å². The Hall–Kier alpha value is -1.40. The van der Waals surface area contributed by atoms with Gasteiger partial charge < -0.3 is 5.43 Å². The highest BCUT2D eigenvalue weighted by Gasteiger charge is 2.14. The van der Waals surface area contributed by atoms with Crippen LogP contribution >= 0.6 is 0 Å². The molecule has 5 nitrogen and oxygen atoms in total. The van der Waals surface area contributed by atoms with E-state index in [-0.39, 0.29) is 0 Å². The van der Waals surface area contributed by atoms with E-state index in [9.17, 15) is 8.42 Å². The van der Waals surface area contributed by atoms with Crippen molar-refractivity contribution in [3.05, 3.63) is 29.8 Å². The van der Waals surface area contributed by atoms with Gasteiger partial charge >= 0.3 is 0 Å². The van der Waals surface area contributed by atoms with Crippen molar-refractivity contribution in [1.82, 2.24) is 5.43 Å². The van der Waals surface area contributed by atoms with Crippen LogP contribution in [-0.4, -0.2) is 26.6 Å². The molecule has 0 aliphatic heterocycles. The lowest BCUT2D eigenvalue weighted by molar-refractivity contribution is 0.442. The molecule has 0 bridgehead atoms. The van der Waals surface area contributed by atoms with Crippen LogP contribution in [0.2, 0.25) is 0 Å². The molecule has 2 rings (SSSR count). The molecule has 3 N–H and O–H groups in total. The lowest BCUT2D eigenvalue weighted by atomic mass is 9.96. The molecule has 6 heteroatoms. The molecule has 1 fully saturated rings. The van der Waals surface area contributed by atoms with Gasteiger partial charge in [0, 0.05) is 11.8 Å². The van der Waals surface area contributed by atoms with E-state index in [1.165, 1.54) is 25.5 Å². The molecule has 0 heterocycles. The molecule has 0 amide bonds. The first-order chi connectivity index (χ1) is 9.50. The number of nitrogens with one attached hydrogen (secondary N) is 1. The van der Waals surface area contributed by atoms with E-state index in [1.807, 2.05) is 0 Å². The van der Waals surface area contributed by atoms with Crippen LogP contribution in [0.4, 0.5) is 0 Å². The Bertz CT molecular complexity index is 573. The largest absolute Gasteiger partial charge is 0.308 e. The highest BCUT2D eigenvalue weighted by atomic mass is 32.2. The van der Waals surface area contributed by atoms with Gasteiger partial charge in [-0.25, -0.2) is 14.3 Å². The maximum atomic E-state index is 11.4. The van der Waals surface area contributed by atoms with Gasteiger partial charge in [-0.2, -0.15) is 0 Å². The van der Waals surface area contributed by atoms with Crippen LogP contribution in [-0.2, 0) is 9.84 Å². The third-order valence-electron chi connectivity index (χ3n) is 3.58. The molecule has 0 aromatic heterocycles. The van der Waals surface area contributed by atoms with Gasteiger partial charge in [-0.15, -0.1) is 0 Å². The van der Waals surface area contributed by atoms with Gasteiger partial charge in [0.15, 0.2) is 9.84 Å². The number of benzene rings is 1. The molecular weight excluding hydrogens is 274 g/mol. The average Bonchev–Trinajstić information content (AvgIpc) is 2.45. The summed E-state index contributed by atoms with van der Waals surface area (Å²) in [6.07, 6.45) is 7.07. The minimum Gasteiger partial charge on any atom is -0.308 e. The summed E-state index contributed by atoms with van der Waals surface area (Å²) in [6, 6.07) is 6.94. The fourth-order valence-corrected chi connectivity index (χ4v) is 3.08. The lowest BCUT2D eigenvalue weighted by Crippen LogP contribution is -2.32. The quantitative estimate of drug-likeness (QED) is 0.384. The highest BCUT2D eigenvalue weighted by Crippen LogP contribution is 2.21. The van der Waals surface area contributed by atoms with Gasteiger partial charge in [-0.3, -0.25) is 4.99 Å². The van der Waals surface area contributed by atoms with Crippen LogP contribution in [0.25, 0.3) is 0 Å². The van der Waals surface area contributed by atoms with E-state index < -0.39 is 9.84 Å². The molecule has 0 saturated heterocycles. The van der Waals surface area contributed by atoms with Crippen LogP contribution in [0.1, 0.15) is 37.7 Å². The molecule has 20 heavy (non-hydrogen) atoms. The maximum absolute atomic E-state index is 11.4. The van der Waals surface area contributed by atoms with Gasteiger partial charge in [-0.05, 0) is 37.1 Å². The highest BCUT2D eigenvalue weighted by molar-refractivity contribution is 7.90. The van der Waals surface area contributed by atoms with Gasteiger partial charge in [0.2, 0.25) is 0 Å². The second kappa shape index (κ2) is 6.37. The summed E-state index contributed by atoms with van der Waals surface area (Å²) in [4.78, 5) is 4.95. The standard InChI is InChI=1S/C14H21N3O2S/c1-20(18,19)13-9-7-11(8-10-13)14(17-15)16-12-5-3-2-4-6-12/h7-10,12H,2-6,15H2,1H3,(H,16,17). The number of amidine groups is 1. The third-order valence-corrected chi connectivity index (χ3v) is 4.71. The Morgan fingerprint density at radius 3 is 2.30 bits per heavy atom. The Balaban J connectivity index is 2.21. The van der Waals surface area contributed by atoms with Crippen molar-refractivity contribution in [3.8, 4) is 0 Å². The van der Waals surface area contributed by atoms with E-state index in [0.29, 0.717) is 16.8 Å². The van der Waals surface area contributed by atoms with E-state index in [4.69, 9.17) is 5.84 Å². The number of hydrogen-bond acceptors (Lipinski definition) is 4. The van der Waals surface area contributed by atoms with Crippen molar-refractivity contribution in [2.24, 2.45) is 10.8 Å². The zero-order valence-corrected chi connectivity index (χ0v) is 12.5. The van der Waals surface area contributed by atoms with E-state index in [0.717, 1.165) is 18.4 Å². The fraction of sp³-hybridized carbons (Fsp3) is 0.500. The first-order valence-corrected chi connectivity index (χ1v) is 8.75. The molecule has 1 aromatic rings. The number of sulfone groups is 1. The molecule has 0 spiro atoms. The summed E-state index contributed by atoms with van der Waals surface area (Å²) in [5.41, 5.74) is 3.44. The summed E-state index contributed by atoms with van der Waals surface area (Å²) in [7, 11) is -3.17. The molecule has 1 aliphatic rings. The molecule has 1 saturated carbocycles. The van der Waals surface area contributed by atoms with Crippen LogP contribution < -0.4 is 11.3 Å². The Morgan fingerprint density at radius 2 is 1.80 bits per heavy atom. The van der Waals surface area contributed by atoms with Crippen molar-refractivity contribution < 1.29 is 8.42 Å². The first kappa shape index (κ1) is 15.0. The van der Waals surface area contributed by atoms with E-state index in [2.05, 4.69) is 10.4 Å². The number of hydrazine groups is 1. The second-order valence-electron chi connectivity index (χ2n) is 5.21. The van der Waals surface area contributed by atoms with Crippen LogP contribution in [0.5, 0.6) is 0 Å². The van der Waals surface area contributed by atoms with Crippen molar-refractivity contribution in [2.45, 2.75) is 43.0 Å². The predicted molar refractivity (Wildman–Crippen MR) is 80.3 cm³/mol. The molecule has 110 valence electrons. The Labute approximate surface area is 120 Å². The predicted octanol–water partition coefficient (Wildman–Crippen LogP) is 1.63. The smallest absolute Gasteiger partial charge is 0.175 e. The van der Waals surface area contributed by atoms with E-state index in [1.54, 1.807) is 24.3 Å². The number of rotatable bonds is 3. The second-order valence-corrected chi connectivity index (χ2v) is 7.23. The molecule has 0 unspecified atom stereocenters. The molecule has 1 aromatic carbocycles. The average molecular weight is 295 g/mol. The summed E-state index contributed by atoms with van der Waals surface area (Å²) < 4.78 is 22.9. The fourth-order valence-electron chi connectivity index (χ4n) is 2.45. The van der Waals surface area contributed by atoms with E-state index >= 15 is 0 Å². The minimum absolute atomic E-state index is 0.301. The lowest BCUT2D eigenvalue weighted by Gasteiger charge is -2.19. The van der Waals surface area contributed by atoms with Crippen LogP contribution in [0.3, 0.4) is 0 Å². The number of hydrogen-bond donors (Lipinski definition) is 2. The SMILES string of the molecule is CS(=O)(=O)c1ccc(C(=NC2CCCCC2)NN)cc1. The molecule has 0 radical (unpaired) electrons. The van der Waals surface area contributed by atoms with Gasteiger partial charge in [0.1, 0.15) is 5.84 Å². The summed E-state index contributed by atoms with van der Waals surface area (Å²) in [6.45, 7) is 0. The maximum Gasteiger partial charge on any atom is 0.175 e. The van der Waals surface area contributed by atoms with Crippen molar-refractivity contribution >= 4 is 15.7 Å². The molecule has 0 atom stereocenters. The summed E-state index contributed by atoms with van der Waals surface area (Å²) >= 11 is 0. The Morgan fingerprint density at radius 1 is 1.20 bits per heavy atom. The van der Waals surface area contributed by atoms with Crippen LogP contribution in [0, 0.1) is 0 Å². The Kier molecular flexibility index (Phi) is 4.77. The van der Waals surface area contributed by atoms with Gasteiger partial charge in [0.05, 0.1) is 10.9 Å². The van der Waals surface area contributed by atoms with Crippen molar-refractivity contribution in [1.29, 1.82) is 0 Å². The number of aliphatic imine (C=N–C) groups is 1. The van der Waals surface area contributed by atoms with Crippen molar-refractivity contribution in [3.63, 3.8) is 0 Å². The summed E-state index contributed by atoms with van der Waals surface area (Å²) in [5.74, 6) is 6.17. The van der Waals surface area contributed by atoms with Gasteiger partial charge in [-0.1, -0.05) is 19.3 Å². The monoisotopic (exact) mass is 295 g/mol. The normalized spacial score (nSPS) is 18.0. The molecule has 1 aliphatic carbocycles. The first-order valence-electron chi connectivity index (χ1n) is 6.85. The molecular formula is C14H21N3O2S. The third kappa shape index (κ3) is 3.80. The summed E-state index contributed by atoms with van der Waals surface area (Å²) in [5, 5.41) is 0. The number of nitrogens with two attached hydrogens (primary N) is 1. The zero-order chi connectivity index (χ0) is 14.6.